The number of anilines is 2. The summed E-state index contributed by atoms with van der Waals surface area (Å²) in [5.74, 6) is 1.41. The van der Waals surface area contributed by atoms with E-state index in [0.717, 1.165) is 34.7 Å². The van der Waals surface area contributed by atoms with Crippen LogP contribution in [0.15, 0.2) is 72.8 Å². The van der Waals surface area contributed by atoms with E-state index in [1.54, 1.807) is 6.07 Å². The molecule has 1 fully saturated rings. The van der Waals surface area contributed by atoms with Crippen molar-refractivity contribution >= 4 is 27.6 Å². The lowest BCUT2D eigenvalue weighted by atomic mass is 9.98. The van der Waals surface area contributed by atoms with E-state index in [2.05, 4.69) is 17.1 Å². The van der Waals surface area contributed by atoms with Crippen molar-refractivity contribution in [2.75, 3.05) is 49.7 Å². The quantitative estimate of drug-likeness (QED) is 0.271. The molecule has 232 valence electrons. The summed E-state index contributed by atoms with van der Waals surface area (Å²) in [4.78, 5) is 22.8. The molecule has 1 aliphatic rings. The number of aliphatic hydroxyl groups excluding tert-OH is 1. The Bertz CT molecular complexity index is 1450. The van der Waals surface area contributed by atoms with Crippen LogP contribution < -0.4 is 14.5 Å². The fraction of sp³-hybridized carbons (Fsp3) is 0.455. The van der Waals surface area contributed by atoms with E-state index in [1.165, 1.54) is 13.1 Å². The SMILES string of the molecule is CC1CC1CN(Cc1ccccc1)c1cc(C(=O)N[C@@H](Cc2ccccc2)C(O)CCN(C)C)cc(N(C)S(C)(=O)=O)n1. The van der Waals surface area contributed by atoms with Crippen molar-refractivity contribution in [2.45, 2.75) is 44.9 Å². The molecule has 43 heavy (non-hydrogen) atoms. The molecule has 1 amide bonds. The molecule has 0 radical (unpaired) electrons. The second-order valence-electron chi connectivity index (χ2n) is 12.1. The van der Waals surface area contributed by atoms with Gasteiger partial charge in [0.1, 0.15) is 11.6 Å². The molecule has 1 aliphatic carbocycles. The largest absolute Gasteiger partial charge is 0.391 e. The van der Waals surface area contributed by atoms with E-state index >= 15 is 0 Å². The number of aliphatic hydroxyl groups is 1. The molecule has 1 heterocycles. The van der Waals surface area contributed by atoms with Crippen molar-refractivity contribution in [1.29, 1.82) is 0 Å². The number of hydrogen-bond acceptors (Lipinski definition) is 7. The average molecular weight is 608 g/mol. The van der Waals surface area contributed by atoms with Crippen LogP contribution in [0.1, 0.15) is 41.3 Å². The number of rotatable bonds is 15. The third-order valence-electron chi connectivity index (χ3n) is 8.10. The highest BCUT2D eigenvalue weighted by Gasteiger charge is 2.35. The third-order valence-corrected chi connectivity index (χ3v) is 9.29. The normalized spacial score (nSPS) is 17.7. The maximum absolute atomic E-state index is 13.9. The molecule has 4 atom stereocenters. The molecule has 0 spiro atoms. The van der Waals surface area contributed by atoms with Crippen molar-refractivity contribution in [1.82, 2.24) is 15.2 Å². The summed E-state index contributed by atoms with van der Waals surface area (Å²) in [5, 5.41) is 14.2. The lowest BCUT2D eigenvalue weighted by Crippen LogP contribution is -2.46. The number of aromatic nitrogens is 1. The van der Waals surface area contributed by atoms with Gasteiger partial charge in [0.05, 0.1) is 18.4 Å². The second-order valence-corrected chi connectivity index (χ2v) is 14.1. The Morgan fingerprint density at radius 3 is 2.14 bits per heavy atom. The smallest absolute Gasteiger partial charge is 0.251 e. The number of carbonyl (C=O) groups is 1. The molecular weight excluding hydrogens is 562 g/mol. The van der Waals surface area contributed by atoms with Crippen LogP contribution in [0.3, 0.4) is 0 Å². The summed E-state index contributed by atoms with van der Waals surface area (Å²) in [6, 6.07) is 22.5. The molecule has 0 saturated heterocycles. The number of pyridine rings is 1. The number of carbonyl (C=O) groups excluding carboxylic acids is 1. The number of amides is 1. The maximum atomic E-state index is 13.9. The molecule has 4 rings (SSSR count). The lowest BCUT2D eigenvalue weighted by molar-refractivity contribution is 0.0795. The van der Waals surface area contributed by atoms with Gasteiger partial charge in [0.15, 0.2) is 0 Å². The van der Waals surface area contributed by atoms with E-state index in [-0.39, 0.29) is 11.4 Å². The first-order valence-corrected chi connectivity index (χ1v) is 16.7. The molecule has 9 nitrogen and oxygen atoms in total. The van der Waals surface area contributed by atoms with Gasteiger partial charge in [0, 0.05) is 32.2 Å². The summed E-state index contributed by atoms with van der Waals surface area (Å²) in [5.41, 5.74) is 2.38. The molecule has 1 aromatic heterocycles. The van der Waals surface area contributed by atoms with Gasteiger partial charge in [-0.15, -0.1) is 0 Å². The first-order chi connectivity index (χ1) is 20.4. The summed E-state index contributed by atoms with van der Waals surface area (Å²) in [6.45, 7) is 4.21. The lowest BCUT2D eigenvalue weighted by Gasteiger charge is -2.28. The zero-order valence-corrected chi connectivity index (χ0v) is 26.7. The van der Waals surface area contributed by atoms with Crippen LogP contribution in [0.5, 0.6) is 0 Å². The summed E-state index contributed by atoms with van der Waals surface area (Å²) in [6.07, 6.45) is 2.39. The van der Waals surface area contributed by atoms with Gasteiger partial charge in [-0.1, -0.05) is 67.6 Å². The summed E-state index contributed by atoms with van der Waals surface area (Å²) < 4.78 is 26.2. The number of benzene rings is 2. The van der Waals surface area contributed by atoms with Crippen molar-refractivity contribution < 1.29 is 18.3 Å². The van der Waals surface area contributed by atoms with Gasteiger partial charge in [-0.3, -0.25) is 9.10 Å². The molecule has 0 bridgehead atoms. The van der Waals surface area contributed by atoms with Crippen LogP contribution in [0, 0.1) is 11.8 Å². The number of sulfonamides is 1. The van der Waals surface area contributed by atoms with Crippen LogP contribution in [-0.2, 0) is 23.0 Å². The van der Waals surface area contributed by atoms with Crippen molar-refractivity contribution in [3.63, 3.8) is 0 Å². The zero-order chi connectivity index (χ0) is 31.1. The maximum Gasteiger partial charge on any atom is 0.251 e. The van der Waals surface area contributed by atoms with Crippen molar-refractivity contribution in [3.8, 4) is 0 Å². The monoisotopic (exact) mass is 607 g/mol. The van der Waals surface area contributed by atoms with E-state index < -0.39 is 28.1 Å². The molecule has 2 aromatic carbocycles. The number of nitrogens with one attached hydrogen (secondary N) is 1. The van der Waals surface area contributed by atoms with E-state index in [9.17, 15) is 18.3 Å². The van der Waals surface area contributed by atoms with E-state index in [1.807, 2.05) is 79.7 Å². The van der Waals surface area contributed by atoms with Gasteiger partial charge in [0.25, 0.3) is 5.91 Å². The fourth-order valence-corrected chi connectivity index (χ4v) is 5.53. The Morgan fingerprint density at radius 2 is 1.58 bits per heavy atom. The molecule has 3 aromatic rings. The minimum Gasteiger partial charge on any atom is -0.391 e. The Morgan fingerprint density at radius 1 is 1.00 bits per heavy atom. The third kappa shape index (κ3) is 9.51. The van der Waals surface area contributed by atoms with Crippen molar-refractivity contribution in [3.05, 3.63) is 89.5 Å². The average Bonchev–Trinajstić information content (AvgIpc) is 3.68. The van der Waals surface area contributed by atoms with E-state index in [0.29, 0.717) is 43.6 Å². The van der Waals surface area contributed by atoms with Gasteiger partial charge < -0.3 is 20.2 Å². The van der Waals surface area contributed by atoms with Crippen LogP contribution in [0.25, 0.3) is 0 Å². The molecule has 3 unspecified atom stereocenters. The van der Waals surface area contributed by atoms with Crippen molar-refractivity contribution in [2.24, 2.45) is 11.8 Å². The summed E-state index contributed by atoms with van der Waals surface area (Å²) in [7, 11) is 1.69. The minimum atomic E-state index is -3.64. The first-order valence-electron chi connectivity index (χ1n) is 14.8. The van der Waals surface area contributed by atoms with Gasteiger partial charge in [-0.25, -0.2) is 13.4 Å². The fourth-order valence-electron chi connectivity index (χ4n) is 5.10. The predicted octanol–water partition coefficient (Wildman–Crippen LogP) is 3.79. The summed E-state index contributed by atoms with van der Waals surface area (Å²) >= 11 is 0. The molecule has 0 aliphatic heterocycles. The molecule has 2 N–H and O–H groups in total. The second kappa shape index (κ2) is 14.3. The van der Waals surface area contributed by atoms with Gasteiger partial charge in [-0.05, 0) is 68.5 Å². The van der Waals surface area contributed by atoms with Crippen LogP contribution in [0.2, 0.25) is 0 Å². The Balaban J connectivity index is 1.69. The Hall–Kier alpha value is -3.47. The molecule has 10 heteroatoms. The number of nitrogens with zero attached hydrogens (tertiary/aromatic N) is 4. The first kappa shape index (κ1) is 32.4. The highest BCUT2D eigenvalue weighted by molar-refractivity contribution is 7.92. The Labute approximate surface area is 256 Å². The number of hydrogen-bond donors (Lipinski definition) is 2. The van der Waals surface area contributed by atoms with Gasteiger partial charge in [0.2, 0.25) is 10.0 Å². The highest BCUT2D eigenvalue weighted by Crippen LogP contribution is 2.39. The van der Waals surface area contributed by atoms with Crippen LogP contribution >= 0.6 is 0 Å². The Kier molecular flexibility index (Phi) is 10.8. The zero-order valence-electron chi connectivity index (χ0n) is 25.8. The molecular formula is C33H45N5O4S. The van der Waals surface area contributed by atoms with Gasteiger partial charge in [-0.2, -0.15) is 0 Å². The van der Waals surface area contributed by atoms with Crippen LogP contribution in [-0.4, -0.2) is 81.9 Å². The van der Waals surface area contributed by atoms with E-state index in [4.69, 9.17) is 4.98 Å². The standard InChI is InChI=1S/C33H45N5O4S/c1-24-18-28(24)23-38(22-26-14-10-7-11-15-26)32-21-27(20-31(35-32)37(4)43(5,41)42)33(40)34-29(30(39)16-17-36(2)3)19-25-12-8-6-9-13-25/h6-15,20-21,24,28-30,39H,16-19,22-23H2,1-5H3,(H,34,40)/t24?,28?,29-,30?/m0/s1. The molecule has 1 saturated carbocycles. The van der Waals surface area contributed by atoms with Gasteiger partial charge >= 0.3 is 0 Å². The topological polar surface area (TPSA) is 106 Å². The predicted molar refractivity (Wildman–Crippen MR) is 173 cm³/mol. The van der Waals surface area contributed by atoms with Crippen LogP contribution in [0.4, 0.5) is 11.6 Å². The minimum absolute atomic E-state index is 0.167. The highest BCUT2D eigenvalue weighted by atomic mass is 32.2.